The minimum absolute atomic E-state index is 0.00970. The molecule has 1 aromatic heterocycles. The van der Waals surface area contributed by atoms with Crippen LogP contribution in [-0.4, -0.2) is 40.2 Å². The lowest BCUT2D eigenvalue weighted by Gasteiger charge is -2.38. The number of carbonyl (C=O) groups is 1. The summed E-state index contributed by atoms with van der Waals surface area (Å²) < 4.78 is 5.41. The third kappa shape index (κ3) is 3.43. The van der Waals surface area contributed by atoms with Crippen molar-refractivity contribution in [1.82, 2.24) is 9.88 Å². The Hall–Kier alpha value is -2.34. The molecule has 0 saturated carbocycles. The van der Waals surface area contributed by atoms with Crippen LogP contribution in [0.15, 0.2) is 34.9 Å². The van der Waals surface area contributed by atoms with Crippen molar-refractivity contribution in [3.63, 3.8) is 0 Å². The normalized spacial score (nSPS) is 20.9. The number of aromatic nitrogens is 1. The number of aryl methyl sites for hydroxylation is 1. The summed E-state index contributed by atoms with van der Waals surface area (Å²) in [4.78, 5) is 18.6. The average molecular weight is 329 g/mol. The second kappa shape index (κ2) is 7.05. The van der Waals surface area contributed by atoms with Gasteiger partial charge < -0.3 is 19.7 Å². The van der Waals surface area contributed by atoms with Crippen LogP contribution in [0.5, 0.6) is 0 Å². The van der Waals surface area contributed by atoms with Gasteiger partial charge in [0.2, 0.25) is 5.89 Å². The molecule has 3 rings (SSSR count). The molecule has 128 valence electrons. The Morgan fingerprint density at radius 3 is 3.04 bits per heavy atom. The molecule has 2 heterocycles. The molecular weight excluding hydrogens is 306 g/mol. The minimum Gasteiger partial charge on any atom is -0.444 e. The van der Waals surface area contributed by atoms with E-state index in [-0.39, 0.29) is 18.7 Å². The maximum atomic E-state index is 12.6. The highest BCUT2D eigenvalue weighted by atomic mass is 16.3. The summed E-state index contributed by atoms with van der Waals surface area (Å²) in [6.07, 6.45) is 3.59. The molecule has 0 bridgehead atoms. The predicted molar refractivity (Wildman–Crippen MR) is 91.7 cm³/mol. The van der Waals surface area contributed by atoms with Crippen LogP contribution in [0.4, 0.5) is 10.5 Å². The van der Waals surface area contributed by atoms with Gasteiger partial charge >= 0.3 is 6.03 Å². The van der Waals surface area contributed by atoms with E-state index in [9.17, 15) is 9.90 Å². The van der Waals surface area contributed by atoms with Crippen LogP contribution < -0.4 is 5.32 Å². The van der Waals surface area contributed by atoms with Gasteiger partial charge in [0, 0.05) is 17.8 Å². The number of nitrogens with zero attached hydrogens (tertiary/aromatic N) is 2. The lowest BCUT2D eigenvalue weighted by Crippen LogP contribution is -2.51. The van der Waals surface area contributed by atoms with Gasteiger partial charge in [0.25, 0.3) is 0 Å². The average Bonchev–Trinajstić information content (AvgIpc) is 3.01. The zero-order valence-corrected chi connectivity index (χ0v) is 14.0. The van der Waals surface area contributed by atoms with Crippen molar-refractivity contribution in [2.24, 2.45) is 5.92 Å². The third-order valence-corrected chi connectivity index (χ3v) is 4.54. The van der Waals surface area contributed by atoms with E-state index < -0.39 is 0 Å². The highest BCUT2D eigenvalue weighted by Crippen LogP contribution is 2.25. The molecule has 2 unspecified atom stereocenters. The number of aliphatic hydroxyl groups is 1. The summed E-state index contributed by atoms with van der Waals surface area (Å²) in [5.74, 6) is 0.833. The van der Waals surface area contributed by atoms with E-state index in [1.54, 1.807) is 11.2 Å². The smallest absolute Gasteiger partial charge is 0.322 e. The first-order chi connectivity index (χ1) is 11.6. The number of nitrogens with one attached hydrogen (secondary N) is 1. The molecule has 0 aliphatic carbocycles. The van der Waals surface area contributed by atoms with Crippen LogP contribution in [-0.2, 0) is 0 Å². The van der Waals surface area contributed by atoms with Crippen molar-refractivity contribution in [3.8, 4) is 11.5 Å². The predicted octanol–water partition coefficient (Wildman–Crippen LogP) is 3.27. The summed E-state index contributed by atoms with van der Waals surface area (Å²) >= 11 is 0. The Balaban J connectivity index is 1.74. The van der Waals surface area contributed by atoms with Crippen LogP contribution in [0.3, 0.4) is 0 Å². The van der Waals surface area contributed by atoms with Gasteiger partial charge in [-0.15, -0.1) is 0 Å². The van der Waals surface area contributed by atoms with Crippen molar-refractivity contribution < 1.29 is 14.3 Å². The zero-order valence-electron chi connectivity index (χ0n) is 14.0. The third-order valence-electron chi connectivity index (χ3n) is 4.54. The fraction of sp³-hybridized carbons (Fsp3) is 0.444. The Labute approximate surface area is 141 Å². The minimum atomic E-state index is -0.179. The molecule has 2 atom stereocenters. The van der Waals surface area contributed by atoms with E-state index in [2.05, 4.69) is 17.2 Å². The molecule has 0 radical (unpaired) electrons. The van der Waals surface area contributed by atoms with Gasteiger partial charge in [0.1, 0.15) is 6.26 Å². The van der Waals surface area contributed by atoms with E-state index in [1.807, 2.05) is 31.2 Å². The number of likely N-dealkylation sites (tertiary alicyclic amines) is 1. The number of amides is 2. The van der Waals surface area contributed by atoms with Crippen molar-refractivity contribution in [3.05, 3.63) is 36.2 Å². The summed E-state index contributed by atoms with van der Waals surface area (Å²) in [6, 6.07) is 7.11. The Morgan fingerprint density at radius 2 is 2.33 bits per heavy atom. The molecule has 2 N–H and O–H groups in total. The fourth-order valence-electron chi connectivity index (χ4n) is 3.19. The maximum Gasteiger partial charge on any atom is 0.322 e. The first-order valence-electron chi connectivity index (χ1n) is 8.29. The molecule has 1 saturated heterocycles. The summed E-state index contributed by atoms with van der Waals surface area (Å²) in [5.41, 5.74) is 2.31. The number of anilines is 1. The molecule has 1 fully saturated rings. The highest BCUT2D eigenvalue weighted by Gasteiger charge is 2.31. The van der Waals surface area contributed by atoms with E-state index in [1.165, 1.54) is 0 Å². The molecular formula is C18H23N3O3. The first kappa shape index (κ1) is 16.5. The van der Waals surface area contributed by atoms with Gasteiger partial charge in [0.05, 0.1) is 18.3 Å². The molecule has 0 spiro atoms. The number of piperidine rings is 1. The van der Waals surface area contributed by atoms with Gasteiger partial charge in [0.15, 0.2) is 0 Å². The molecule has 6 heteroatoms. The number of hydrogen-bond donors (Lipinski definition) is 2. The van der Waals surface area contributed by atoms with E-state index in [0.29, 0.717) is 24.0 Å². The van der Waals surface area contributed by atoms with Crippen molar-refractivity contribution in [1.29, 1.82) is 0 Å². The number of benzene rings is 1. The van der Waals surface area contributed by atoms with E-state index >= 15 is 0 Å². The van der Waals surface area contributed by atoms with Gasteiger partial charge in [-0.05, 0) is 43.9 Å². The van der Waals surface area contributed by atoms with Gasteiger partial charge in [-0.25, -0.2) is 9.78 Å². The van der Waals surface area contributed by atoms with Gasteiger partial charge in [-0.3, -0.25) is 0 Å². The van der Waals surface area contributed by atoms with Crippen molar-refractivity contribution >= 4 is 11.7 Å². The number of urea groups is 1. The summed E-state index contributed by atoms with van der Waals surface area (Å²) in [5, 5.41) is 12.5. The van der Waals surface area contributed by atoms with Gasteiger partial charge in [-0.1, -0.05) is 13.0 Å². The van der Waals surface area contributed by atoms with Crippen LogP contribution in [0.1, 0.15) is 25.5 Å². The molecule has 2 amide bonds. The van der Waals surface area contributed by atoms with Crippen molar-refractivity contribution in [2.75, 3.05) is 18.5 Å². The Morgan fingerprint density at radius 1 is 1.50 bits per heavy atom. The van der Waals surface area contributed by atoms with Gasteiger partial charge in [-0.2, -0.15) is 0 Å². The quantitative estimate of drug-likeness (QED) is 0.906. The fourth-order valence-corrected chi connectivity index (χ4v) is 3.19. The number of oxazole rings is 1. The second-order valence-corrected chi connectivity index (χ2v) is 6.37. The first-order valence-corrected chi connectivity index (χ1v) is 8.29. The van der Waals surface area contributed by atoms with Crippen LogP contribution in [0.2, 0.25) is 0 Å². The lowest BCUT2D eigenvalue weighted by molar-refractivity contribution is 0.0811. The monoisotopic (exact) mass is 329 g/mol. The highest BCUT2D eigenvalue weighted by molar-refractivity contribution is 5.90. The maximum absolute atomic E-state index is 12.6. The van der Waals surface area contributed by atoms with Crippen LogP contribution >= 0.6 is 0 Å². The molecule has 1 aromatic carbocycles. The number of carbonyl (C=O) groups excluding carboxylic acids is 1. The molecule has 1 aliphatic rings. The topological polar surface area (TPSA) is 78.6 Å². The number of aliphatic hydroxyl groups excluding tert-OH is 1. The molecule has 6 nitrogen and oxygen atoms in total. The van der Waals surface area contributed by atoms with Crippen molar-refractivity contribution in [2.45, 2.75) is 32.7 Å². The van der Waals surface area contributed by atoms with E-state index in [4.69, 9.17) is 4.42 Å². The number of hydrogen-bond acceptors (Lipinski definition) is 4. The van der Waals surface area contributed by atoms with Crippen LogP contribution in [0, 0.1) is 12.8 Å². The molecule has 2 aromatic rings. The summed E-state index contributed by atoms with van der Waals surface area (Å²) in [6.45, 7) is 4.60. The number of rotatable bonds is 3. The second-order valence-electron chi connectivity index (χ2n) is 6.37. The summed E-state index contributed by atoms with van der Waals surface area (Å²) in [7, 11) is 0. The Bertz CT molecular complexity index is 713. The largest absolute Gasteiger partial charge is 0.444 e. The van der Waals surface area contributed by atoms with E-state index in [0.717, 1.165) is 24.1 Å². The zero-order chi connectivity index (χ0) is 17.1. The lowest BCUT2D eigenvalue weighted by atomic mass is 9.91. The Kier molecular flexibility index (Phi) is 4.85. The molecule has 1 aliphatic heterocycles. The molecule has 24 heavy (non-hydrogen) atoms. The van der Waals surface area contributed by atoms with Crippen LogP contribution in [0.25, 0.3) is 11.5 Å². The SMILES string of the molecule is Cc1coc(-c2cccc(NC(=O)N3CCCC(C)C3CO)c2)n1. The standard InChI is InChI=1S/C18H23N3O3/c1-12-5-4-8-21(16(12)10-22)18(23)20-15-7-3-6-14(9-15)17-19-13(2)11-24-17/h3,6-7,9,11-12,16,22H,4-5,8,10H2,1-2H3,(H,20,23).